The minimum absolute atomic E-state index is 0.758. The van der Waals surface area contributed by atoms with Crippen LogP contribution in [0.25, 0.3) is 0 Å². The van der Waals surface area contributed by atoms with Crippen LogP contribution in [0.5, 0.6) is 0 Å². The maximum absolute atomic E-state index is 6.16. The van der Waals surface area contributed by atoms with E-state index in [9.17, 15) is 0 Å². The summed E-state index contributed by atoms with van der Waals surface area (Å²) in [6, 6.07) is 6.30. The third kappa shape index (κ3) is 3.36. The van der Waals surface area contributed by atoms with Crippen molar-refractivity contribution in [2.75, 3.05) is 31.6 Å². The first-order valence-corrected chi connectivity index (χ1v) is 6.72. The van der Waals surface area contributed by atoms with Crippen molar-refractivity contribution in [3.05, 3.63) is 28.8 Å². The van der Waals surface area contributed by atoms with Crippen molar-refractivity contribution < 1.29 is 0 Å². The van der Waals surface area contributed by atoms with Gasteiger partial charge in [-0.05, 0) is 56.5 Å². The molecular formula is C14H21ClN2. The van der Waals surface area contributed by atoms with Crippen LogP contribution in [0, 0.1) is 12.8 Å². The zero-order valence-corrected chi connectivity index (χ0v) is 11.4. The molecule has 1 aromatic rings. The quantitative estimate of drug-likeness (QED) is 0.890. The molecule has 1 N–H and O–H groups in total. The Morgan fingerprint density at radius 2 is 2.29 bits per heavy atom. The summed E-state index contributed by atoms with van der Waals surface area (Å²) in [4.78, 5) is 2.31. The van der Waals surface area contributed by atoms with Crippen LogP contribution in [-0.4, -0.2) is 26.7 Å². The van der Waals surface area contributed by atoms with Crippen molar-refractivity contribution in [2.24, 2.45) is 5.92 Å². The van der Waals surface area contributed by atoms with Crippen molar-refractivity contribution in [2.45, 2.75) is 19.8 Å². The summed E-state index contributed by atoms with van der Waals surface area (Å²) in [7, 11) is 2.15. The first-order chi connectivity index (χ1) is 8.16. The fourth-order valence-corrected chi connectivity index (χ4v) is 2.57. The standard InChI is InChI=1S/C14H21ClN2/c1-11-5-6-13(8-14(11)15)17(2)10-12-4-3-7-16-9-12/h5-6,8,12,16H,3-4,7,9-10H2,1-2H3. The molecule has 1 aromatic carbocycles. The molecule has 0 spiro atoms. The Labute approximate surface area is 109 Å². The number of hydrogen-bond donors (Lipinski definition) is 1. The molecule has 1 unspecified atom stereocenters. The Bertz CT molecular complexity index is 372. The number of benzene rings is 1. The maximum atomic E-state index is 6.16. The number of nitrogens with one attached hydrogen (secondary N) is 1. The van der Waals surface area contributed by atoms with Crippen LogP contribution in [0.1, 0.15) is 18.4 Å². The van der Waals surface area contributed by atoms with Crippen LogP contribution >= 0.6 is 11.6 Å². The first kappa shape index (κ1) is 12.7. The normalized spacial score (nSPS) is 20.3. The van der Waals surface area contributed by atoms with Gasteiger partial charge in [-0.2, -0.15) is 0 Å². The van der Waals surface area contributed by atoms with Crippen LogP contribution in [-0.2, 0) is 0 Å². The minimum atomic E-state index is 0.758. The largest absolute Gasteiger partial charge is 0.374 e. The van der Waals surface area contributed by atoms with Gasteiger partial charge in [-0.15, -0.1) is 0 Å². The lowest BCUT2D eigenvalue weighted by Gasteiger charge is -2.29. The van der Waals surface area contributed by atoms with Crippen molar-refractivity contribution in [3.8, 4) is 0 Å². The maximum Gasteiger partial charge on any atom is 0.0455 e. The molecule has 2 nitrogen and oxygen atoms in total. The lowest BCUT2D eigenvalue weighted by molar-refractivity contribution is 0.381. The molecular weight excluding hydrogens is 232 g/mol. The monoisotopic (exact) mass is 252 g/mol. The fraction of sp³-hybridized carbons (Fsp3) is 0.571. The lowest BCUT2D eigenvalue weighted by atomic mass is 9.99. The van der Waals surface area contributed by atoms with Crippen molar-refractivity contribution in [1.29, 1.82) is 0 Å². The van der Waals surface area contributed by atoms with Gasteiger partial charge in [-0.25, -0.2) is 0 Å². The van der Waals surface area contributed by atoms with Crippen LogP contribution in [0.2, 0.25) is 5.02 Å². The second-order valence-electron chi connectivity index (χ2n) is 5.03. The van der Waals surface area contributed by atoms with Crippen LogP contribution < -0.4 is 10.2 Å². The van der Waals surface area contributed by atoms with Crippen molar-refractivity contribution >= 4 is 17.3 Å². The van der Waals surface area contributed by atoms with E-state index in [2.05, 4.69) is 35.5 Å². The van der Waals surface area contributed by atoms with E-state index in [1.807, 2.05) is 6.92 Å². The summed E-state index contributed by atoms with van der Waals surface area (Å²) >= 11 is 6.16. The Balaban J connectivity index is 1.98. The van der Waals surface area contributed by atoms with E-state index in [-0.39, 0.29) is 0 Å². The van der Waals surface area contributed by atoms with Gasteiger partial charge in [0.1, 0.15) is 0 Å². The highest BCUT2D eigenvalue weighted by atomic mass is 35.5. The van der Waals surface area contributed by atoms with Crippen molar-refractivity contribution in [3.63, 3.8) is 0 Å². The average molecular weight is 253 g/mol. The predicted molar refractivity (Wildman–Crippen MR) is 75.1 cm³/mol. The highest BCUT2D eigenvalue weighted by Gasteiger charge is 2.15. The summed E-state index contributed by atoms with van der Waals surface area (Å²) in [6.45, 7) is 5.46. The third-order valence-electron chi connectivity index (χ3n) is 3.53. The Morgan fingerprint density at radius 1 is 1.47 bits per heavy atom. The zero-order valence-electron chi connectivity index (χ0n) is 10.7. The average Bonchev–Trinajstić information content (AvgIpc) is 2.34. The van der Waals surface area contributed by atoms with Gasteiger partial charge >= 0.3 is 0 Å². The molecule has 1 aliphatic rings. The molecule has 1 heterocycles. The summed E-state index contributed by atoms with van der Waals surface area (Å²) in [6.07, 6.45) is 2.63. The summed E-state index contributed by atoms with van der Waals surface area (Å²) in [5, 5.41) is 4.32. The molecule has 0 radical (unpaired) electrons. The second kappa shape index (κ2) is 5.74. The van der Waals surface area contributed by atoms with Gasteiger partial charge in [0, 0.05) is 24.3 Å². The van der Waals surface area contributed by atoms with Gasteiger partial charge in [0.05, 0.1) is 0 Å². The van der Waals surface area contributed by atoms with Crippen LogP contribution in [0.4, 0.5) is 5.69 Å². The Hall–Kier alpha value is -0.730. The van der Waals surface area contributed by atoms with Gasteiger partial charge in [-0.1, -0.05) is 17.7 Å². The van der Waals surface area contributed by atoms with E-state index < -0.39 is 0 Å². The molecule has 1 saturated heterocycles. The molecule has 0 aromatic heterocycles. The molecule has 3 heteroatoms. The fourth-order valence-electron chi connectivity index (χ4n) is 2.39. The van der Waals surface area contributed by atoms with Crippen LogP contribution in [0.3, 0.4) is 0 Å². The molecule has 94 valence electrons. The molecule has 0 aliphatic carbocycles. The Kier molecular flexibility index (Phi) is 4.30. The number of anilines is 1. The molecule has 1 atom stereocenters. The number of halogens is 1. The molecule has 0 amide bonds. The summed E-state index contributed by atoms with van der Waals surface area (Å²) < 4.78 is 0. The van der Waals surface area contributed by atoms with Crippen molar-refractivity contribution in [1.82, 2.24) is 5.32 Å². The van der Waals surface area contributed by atoms with E-state index in [4.69, 9.17) is 11.6 Å². The zero-order chi connectivity index (χ0) is 12.3. The van der Waals surface area contributed by atoms with E-state index in [1.165, 1.54) is 25.1 Å². The van der Waals surface area contributed by atoms with E-state index >= 15 is 0 Å². The number of rotatable bonds is 3. The summed E-state index contributed by atoms with van der Waals surface area (Å²) in [5.74, 6) is 0.758. The number of nitrogens with zero attached hydrogens (tertiary/aromatic N) is 1. The first-order valence-electron chi connectivity index (χ1n) is 6.35. The van der Waals surface area contributed by atoms with E-state index in [1.54, 1.807) is 0 Å². The van der Waals surface area contributed by atoms with Gasteiger partial charge in [0.2, 0.25) is 0 Å². The lowest BCUT2D eigenvalue weighted by Crippen LogP contribution is -2.36. The van der Waals surface area contributed by atoms with Gasteiger partial charge in [0.15, 0.2) is 0 Å². The highest BCUT2D eigenvalue weighted by Crippen LogP contribution is 2.23. The van der Waals surface area contributed by atoms with Gasteiger partial charge < -0.3 is 10.2 Å². The molecule has 1 aliphatic heterocycles. The Morgan fingerprint density at radius 3 is 2.94 bits per heavy atom. The third-order valence-corrected chi connectivity index (χ3v) is 3.93. The van der Waals surface area contributed by atoms with E-state index in [0.717, 1.165) is 29.6 Å². The molecule has 2 rings (SSSR count). The smallest absolute Gasteiger partial charge is 0.0455 e. The number of hydrogen-bond acceptors (Lipinski definition) is 2. The molecule has 1 fully saturated rings. The topological polar surface area (TPSA) is 15.3 Å². The number of piperidine rings is 1. The molecule has 17 heavy (non-hydrogen) atoms. The predicted octanol–water partition coefficient (Wildman–Crippen LogP) is 3.08. The molecule has 0 bridgehead atoms. The SMILES string of the molecule is Cc1ccc(N(C)CC2CCCNC2)cc1Cl. The minimum Gasteiger partial charge on any atom is -0.374 e. The second-order valence-corrected chi connectivity index (χ2v) is 5.43. The number of aryl methyl sites for hydroxylation is 1. The van der Waals surface area contributed by atoms with E-state index in [0.29, 0.717) is 0 Å². The van der Waals surface area contributed by atoms with Gasteiger partial charge in [0.25, 0.3) is 0 Å². The van der Waals surface area contributed by atoms with Gasteiger partial charge in [-0.3, -0.25) is 0 Å². The summed E-state index contributed by atoms with van der Waals surface area (Å²) in [5.41, 5.74) is 2.36. The van der Waals surface area contributed by atoms with Crippen LogP contribution in [0.15, 0.2) is 18.2 Å². The molecule has 0 saturated carbocycles. The highest BCUT2D eigenvalue weighted by molar-refractivity contribution is 6.31.